The maximum atomic E-state index is 9.78. The first-order valence-corrected chi connectivity index (χ1v) is 6.45. The van der Waals surface area contributed by atoms with Crippen molar-refractivity contribution in [2.75, 3.05) is 40.0 Å². The van der Waals surface area contributed by atoms with E-state index in [1.54, 1.807) is 0 Å². The number of aliphatic hydroxyl groups excluding tert-OH is 1. The highest BCUT2D eigenvalue weighted by atomic mass is 16.7. The molecule has 2 heterocycles. The zero-order valence-corrected chi connectivity index (χ0v) is 10.4. The lowest BCUT2D eigenvalue weighted by Gasteiger charge is -2.48. The third kappa shape index (κ3) is 1.83. The average molecular weight is 239 g/mol. The van der Waals surface area contributed by atoms with Crippen molar-refractivity contribution in [1.29, 1.82) is 0 Å². The standard InChI is InChI=1S/C13H21NO3/c1-14-5-2-11-8-13(16-6-7-17-13)4-3-12(11,9-14)10-15/h2,15H,3-10H2,1H3/t12-/m0/s1. The minimum atomic E-state index is -0.375. The summed E-state index contributed by atoms with van der Waals surface area (Å²) in [5.41, 5.74) is 1.29. The van der Waals surface area contributed by atoms with Crippen LogP contribution >= 0.6 is 0 Å². The van der Waals surface area contributed by atoms with E-state index in [1.165, 1.54) is 5.57 Å². The number of hydrogen-bond acceptors (Lipinski definition) is 4. The summed E-state index contributed by atoms with van der Waals surface area (Å²) in [4.78, 5) is 2.27. The summed E-state index contributed by atoms with van der Waals surface area (Å²) in [6.07, 6.45) is 4.95. The SMILES string of the molecule is CN1CC=C2CC3(CC[C@@]2(CO)C1)OCCO3. The molecule has 2 aliphatic heterocycles. The number of nitrogens with zero attached hydrogens (tertiary/aromatic N) is 1. The number of aliphatic hydroxyl groups is 1. The van der Waals surface area contributed by atoms with Gasteiger partial charge in [-0.25, -0.2) is 0 Å². The third-order valence-corrected chi connectivity index (χ3v) is 4.46. The van der Waals surface area contributed by atoms with Crippen molar-refractivity contribution in [2.24, 2.45) is 5.41 Å². The molecule has 0 amide bonds. The van der Waals surface area contributed by atoms with Crippen LogP contribution in [0.25, 0.3) is 0 Å². The normalized spacial score (nSPS) is 36.9. The molecule has 17 heavy (non-hydrogen) atoms. The predicted molar refractivity (Wildman–Crippen MR) is 63.6 cm³/mol. The van der Waals surface area contributed by atoms with Crippen molar-refractivity contribution < 1.29 is 14.6 Å². The lowest BCUT2D eigenvalue weighted by molar-refractivity contribution is -0.181. The fourth-order valence-corrected chi connectivity index (χ4v) is 3.45. The molecular weight excluding hydrogens is 218 g/mol. The molecule has 0 radical (unpaired) electrons. The highest BCUT2D eigenvalue weighted by Crippen LogP contribution is 2.49. The Bertz CT molecular complexity index is 336. The number of ether oxygens (including phenoxy) is 2. The highest BCUT2D eigenvalue weighted by molar-refractivity contribution is 5.24. The summed E-state index contributed by atoms with van der Waals surface area (Å²) in [5, 5.41) is 9.78. The van der Waals surface area contributed by atoms with Crippen LogP contribution in [-0.4, -0.2) is 55.8 Å². The van der Waals surface area contributed by atoms with Gasteiger partial charge in [-0.1, -0.05) is 11.6 Å². The molecule has 2 fully saturated rings. The molecule has 3 rings (SSSR count). The van der Waals surface area contributed by atoms with Crippen LogP contribution in [0, 0.1) is 5.41 Å². The highest BCUT2D eigenvalue weighted by Gasteiger charge is 2.50. The Balaban J connectivity index is 1.86. The maximum absolute atomic E-state index is 9.78. The molecule has 1 spiro atoms. The first-order chi connectivity index (χ1) is 8.18. The fraction of sp³-hybridized carbons (Fsp3) is 0.846. The van der Waals surface area contributed by atoms with Gasteiger partial charge < -0.3 is 19.5 Å². The summed E-state index contributed by atoms with van der Waals surface area (Å²) in [7, 11) is 2.11. The predicted octanol–water partition coefficient (Wildman–Crippen LogP) is 0.764. The minimum Gasteiger partial charge on any atom is -0.395 e. The van der Waals surface area contributed by atoms with Gasteiger partial charge in [-0.05, 0) is 13.5 Å². The fourth-order valence-electron chi connectivity index (χ4n) is 3.45. The zero-order chi connectivity index (χ0) is 11.9. The Morgan fingerprint density at radius 3 is 2.82 bits per heavy atom. The van der Waals surface area contributed by atoms with Crippen LogP contribution in [0.5, 0.6) is 0 Å². The molecule has 0 unspecified atom stereocenters. The topological polar surface area (TPSA) is 41.9 Å². The average Bonchev–Trinajstić information content (AvgIpc) is 2.78. The van der Waals surface area contributed by atoms with E-state index in [-0.39, 0.29) is 17.8 Å². The molecule has 1 aliphatic carbocycles. The summed E-state index contributed by atoms with van der Waals surface area (Å²) in [6.45, 7) is 3.57. The van der Waals surface area contributed by atoms with Crippen LogP contribution in [0.2, 0.25) is 0 Å². The number of hydrogen-bond donors (Lipinski definition) is 1. The molecule has 4 nitrogen and oxygen atoms in total. The van der Waals surface area contributed by atoms with Crippen molar-refractivity contribution in [1.82, 2.24) is 4.90 Å². The largest absolute Gasteiger partial charge is 0.395 e. The molecule has 1 saturated heterocycles. The Hall–Kier alpha value is -0.420. The van der Waals surface area contributed by atoms with E-state index >= 15 is 0 Å². The van der Waals surface area contributed by atoms with Crippen LogP contribution in [0.15, 0.2) is 11.6 Å². The van der Waals surface area contributed by atoms with E-state index in [4.69, 9.17) is 9.47 Å². The van der Waals surface area contributed by atoms with E-state index < -0.39 is 0 Å². The molecule has 4 heteroatoms. The van der Waals surface area contributed by atoms with E-state index in [1.807, 2.05) is 0 Å². The van der Waals surface area contributed by atoms with Gasteiger partial charge in [-0.15, -0.1) is 0 Å². The molecule has 0 aromatic rings. The Kier molecular flexibility index (Phi) is 2.78. The molecule has 96 valence electrons. The lowest BCUT2D eigenvalue weighted by Crippen LogP contribution is -2.50. The summed E-state index contributed by atoms with van der Waals surface area (Å²) in [6, 6.07) is 0. The Morgan fingerprint density at radius 1 is 1.35 bits per heavy atom. The van der Waals surface area contributed by atoms with Gasteiger partial charge in [0.25, 0.3) is 0 Å². The van der Waals surface area contributed by atoms with Crippen molar-refractivity contribution in [2.45, 2.75) is 25.0 Å². The van der Waals surface area contributed by atoms with Crippen molar-refractivity contribution in [3.63, 3.8) is 0 Å². The minimum absolute atomic E-state index is 0.0481. The maximum Gasteiger partial charge on any atom is 0.172 e. The second-order valence-electron chi connectivity index (χ2n) is 5.65. The van der Waals surface area contributed by atoms with Crippen molar-refractivity contribution in [3.8, 4) is 0 Å². The van der Waals surface area contributed by atoms with Gasteiger partial charge >= 0.3 is 0 Å². The van der Waals surface area contributed by atoms with Crippen LogP contribution in [0.1, 0.15) is 19.3 Å². The molecule has 0 bridgehead atoms. The van der Waals surface area contributed by atoms with Gasteiger partial charge in [0, 0.05) is 31.3 Å². The molecule has 1 atom stereocenters. The van der Waals surface area contributed by atoms with E-state index in [0.29, 0.717) is 13.2 Å². The zero-order valence-electron chi connectivity index (χ0n) is 10.4. The first kappa shape index (κ1) is 11.7. The lowest BCUT2D eigenvalue weighted by atomic mass is 9.67. The molecule has 3 aliphatic rings. The van der Waals surface area contributed by atoms with E-state index in [9.17, 15) is 5.11 Å². The summed E-state index contributed by atoms with van der Waals surface area (Å²) >= 11 is 0. The van der Waals surface area contributed by atoms with E-state index in [2.05, 4.69) is 18.0 Å². The second kappa shape index (κ2) is 4.05. The summed E-state index contributed by atoms with van der Waals surface area (Å²) < 4.78 is 11.6. The number of likely N-dealkylation sites (N-methyl/N-ethyl adjacent to an activating group) is 1. The van der Waals surface area contributed by atoms with Gasteiger partial charge in [0.1, 0.15) is 0 Å². The van der Waals surface area contributed by atoms with Gasteiger partial charge in [-0.2, -0.15) is 0 Å². The van der Waals surface area contributed by atoms with Crippen LogP contribution < -0.4 is 0 Å². The van der Waals surface area contributed by atoms with Crippen molar-refractivity contribution in [3.05, 3.63) is 11.6 Å². The van der Waals surface area contributed by atoms with Crippen LogP contribution in [0.3, 0.4) is 0 Å². The van der Waals surface area contributed by atoms with E-state index in [0.717, 1.165) is 32.4 Å². The first-order valence-electron chi connectivity index (χ1n) is 6.45. The number of fused-ring (bicyclic) bond motifs is 1. The van der Waals surface area contributed by atoms with Gasteiger partial charge in [-0.3, -0.25) is 0 Å². The quantitative estimate of drug-likeness (QED) is 0.686. The molecular formula is C13H21NO3. The summed E-state index contributed by atoms with van der Waals surface area (Å²) in [5.74, 6) is -0.375. The monoisotopic (exact) mass is 239 g/mol. The Morgan fingerprint density at radius 2 is 2.12 bits per heavy atom. The van der Waals surface area contributed by atoms with Crippen LogP contribution in [-0.2, 0) is 9.47 Å². The van der Waals surface area contributed by atoms with Crippen LogP contribution in [0.4, 0.5) is 0 Å². The molecule has 0 aromatic heterocycles. The number of rotatable bonds is 1. The Labute approximate surface area is 102 Å². The molecule has 1 N–H and O–H groups in total. The van der Waals surface area contributed by atoms with Gasteiger partial charge in [0.2, 0.25) is 0 Å². The smallest absolute Gasteiger partial charge is 0.172 e. The van der Waals surface area contributed by atoms with Gasteiger partial charge in [0.15, 0.2) is 5.79 Å². The molecule has 0 aromatic carbocycles. The van der Waals surface area contributed by atoms with Gasteiger partial charge in [0.05, 0.1) is 19.8 Å². The van der Waals surface area contributed by atoms with Crippen molar-refractivity contribution >= 4 is 0 Å². The molecule has 1 saturated carbocycles. The second-order valence-corrected chi connectivity index (χ2v) is 5.65. The third-order valence-electron chi connectivity index (χ3n) is 4.46.